The van der Waals surface area contributed by atoms with Crippen molar-refractivity contribution in [2.45, 2.75) is 60.8 Å². The maximum absolute atomic E-state index is 10.4. The zero-order valence-corrected chi connectivity index (χ0v) is 22.2. The van der Waals surface area contributed by atoms with E-state index in [1.807, 2.05) is 66.7 Å². The molecule has 188 valence electrons. The number of para-hydroxylation sites is 2. The predicted octanol–water partition coefficient (Wildman–Crippen LogP) is 7.59. The number of carbonyl (C=O) groups is 1. The van der Waals surface area contributed by atoms with Crippen LogP contribution in [0.3, 0.4) is 0 Å². The summed E-state index contributed by atoms with van der Waals surface area (Å²) in [5, 5.41) is 5.93. The number of nitrogens with one attached hydrogen (secondary N) is 2. The molecule has 2 aromatic rings. The second-order valence-electron chi connectivity index (χ2n) is 6.17. The second-order valence-corrected chi connectivity index (χ2v) is 6.17. The first-order chi connectivity index (χ1) is 16.8. The molecule has 2 N–H and O–H groups in total. The van der Waals surface area contributed by atoms with Crippen LogP contribution in [-0.4, -0.2) is 26.2 Å². The molecule has 1 amide bonds. The molecule has 0 spiro atoms. The van der Waals surface area contributed by atoms with E-state index < -0.39 is 0 Å². The second kappa shape index (κ2) is 24.5. The fraction of sp³-hybridized carbons (Fsp3) is 0.379. The number of ether oxygens (including phenoxy) is 1. The van der Waals surface area contributed by atoms with E-state index in [0.717, 1.165) is 12.5 Å². The van der Waals surface area contributed by atoms with Crippen molar-refractivity contribution in [1.82, 2.24) is 5.32 Å². The van der Waals surface area contributed by atoms with Gasteiger partial charge in [0.1, 0.15) is 5.76 Å². The van der Waals surface area contributed by atoms with E-state index in [4.69, 9.17) is 4.74 Å². The Hall–Kier alpha value is -3.18. The highest BCUT2D eigenvalue weighted by atomic mass is 16.5. The molecule has 0 radical (unpaired) electrons. The lowest BCUT2D eigenvalue weighted by atomic mass is 9.99. The van der Waals surface area contributed by atoms with E-state index in [-0.39, 0.29) is 0 Å². The number of nitrogens with zero attached hydrogens (tertiary/aromatic N) is 1. The van der Waals surface area contributed by atoms with Gasteiger partial charge in [-0.1, -0.05) is 90.1 Å². The molecule has 0 saturated carbocycles. The molecule has 1 aliphatic heterocycles. The van der Waals surface area contributed by atoms with Crippen LogP contribution in [0.25, 0.3) is 0 Å². The van der Waals surface area contributed by atoms with Crippen molar-refractivity contribution in [3.63, 3.8) is 0 Å². The average molecular weight is 468 g/mol. The zero-order valence-electron chi connectivity index (χ0n) is 22.2. The van der Waals surface area contributed by atoms with Gasteiger partial charge in [-0.2, -0.15) is 0 Å². The number of hydrogen-bond acceptors (Lipinski definition) is 4. The number of allylic oxidation sites excluding steroid dienone is 2. The molecular formula is C29H45N3O2. The van der Waals surface area contributed by atoms with E-state index in [1.54, 1.807) is 18.2 Å². The van der Waals surface area contributed by atoms with Gasteiger partial charge in [0.2, 0.25) is 6.41 Å². The third-order valence-electron chi connectivity index (χ3n) is 4.21. The van der Waals surface area contributed by atoms with Crippen molar-refractivity contribution < 1.29 is 9.53 Å². The third-order valence-corrected chi connectivity index (χ3v) is 4.21. The van der Waals surface area contributed by atoms with E-state index in [1.165, 1.54) is 24.7 Å². The van der Waals surface area contributed by atoms with Gasteiger partial charge in [-0.3, -0.25) is 9.79 Å². The summed E-state index contributed by atoms with van der Waals surface area (Å²) in [6.07, 6.45) is 6.98. The number of anilines is 1. The number of hydrogen-bond donors (Lipinski definition) is 2. The third kappa shape index (κ3) is 14.1. The molecule has 1 fully saturated rings. The molecule has 1 heterocycles. The minimum Gasteiger partial charge on any atom is -0.454 e. The first-order valence-corrected chi connectivity index (χ1v) is 12.3. The van der Waals surface area contributed by atoms with Crippen LogP contribution in [0.1, 0.15) is 66.4 Å². The molecule has 5 heteroatoms. The van der Waals surface area contributed by atoms with E-state index in [9.17, 15) is 4.79 Å². The Morgan fingerprint density at radius 2 is 1.65 bits per heavy atom. The summed E-state index contributed by atoms with van der Waals surface area (Å²) in [5.41, 5.74) is 2.08. The van der Waals surface area contributed by atoms with Crippen molar-refractivity contribution >= 4 is 18.8 Å². The van der Waals surface area contributed by atoms with Gasteiger partial charge in [0.15, 0.2) is 5.75 Å². The standard InChI is InChI=1S/C13H14N2O2.C10H13N.3C2H6/c1-3-6-11(9-14-2)17-13-8-5-4-7-12(13)15-10-16;1-2-4-9(5-3-1)10-6-7-11-8-10;3*1-2/h3-10H,2H2,1H3,(H,15,16);1-5,10-11H,6-8H2;3*1-2H3/b6-3-,11-9+;;;;. The Balaban J connectivity index is 0. The van der Waals surface area contributed by atoms with Gasteiger partial charge in [-0.25, -0.2) is 0 Å². The molecule has 0 aliphatic carbocycles. The van der Waals surface area contributed by atoms with Crippen molar-refractivity contribution in [2.24, 2.45) is 4.99 Å². The summed E-state index contributed by atoms with van der Waals surface area (Å²) in [7, 11) is 0. The van der Waals surface area contributed by atoms with Crippen molar-refractivity contribution in [1.29, 1.82) is 0 Å². The maximum Gasteiger partial charge on any atom is 0.211 e. The molecule has 0 bridgehead atoms. The Kier molecular flexibility index (Phi) is 23.7. The van der Waals surface area contributed by atoms with Crippen molar-refractivity contribution in [2.75, 3.05) is 18.4 Å². The Morgan fingerprint density at radius 1 is 1.03 bits per heavy atom. The van der Waals surface area contributed by atoms with Crippen LogP contribution in [0.15, 0.2) is 83.7 Å². The summed E-state index contributed by atoms with van der Waals surface area (Å²) in [6.45, 7) is 19.6. The SMILES string of the molecule is C=N/C=C(\C=C/C)Oc1ccccc1NC=O.CC.CC.CC.c1ccc(C2CCNC2)cc1. The van der Waals surface area contributed by atoms with Crippen LogP contribution in [0.5, 0.6) is 5.75 Å². The van der Waals surface area contributed by atoms with Crippen LogP contribution >= 0.6 is 0 Å². The predicted molar refractivity (Wildman–Crippen MR) is 150 cm³/mol. The zero-order chi connectivity index (χ0) is 26.0. The minimum absolute atomic E-state index is 0.544. The Labute approximate surface area is 208 Å². The molecule has 34 heavy (non-hydrogen) atoms. The quantitative estimate of drug-likeness (QED) is 0.191. The number of aliphatic imine (C=N–C) groups is 1. The van der Waals surface area contributed by atoms with Crippen LogP contribution in [0.4, 0.5) is 5.69 Å². The highest BCUT2D eigenvalue weighted by molar-refractivity contribution is 5.75. The van der Waals surface area contributed by atoms with Crippen molar-refractivity contribution in [3.8, 4) is 5.75 Å². The minimum atomic E-state index is 0.544. The van der Waals surface area contributed by atoms with Crippen molar-refractivity contribution in [3.05, 3.63) is 84.3 Å². The van der Waals surface area contributed by atoms with Gasteiger partial charge in [0.05, 0.1) is 11.9 Å². The summed E-state index contributed by atoms with van der Waals surface area (Å²) in [5.74, 6) is 1.85. The highest BCUT2D eigenvalue weighted by Gasteiger charge is 2.15. The molecule has 1 atom stereocenters. The van der Waals surface area contributed by atoms with Gasteiger partial charge in [0.25, 0.3) is 0 Å². The molecule has 3 rings (SSSR count). The van der Waals surface area contributed by atoms with E-state index in [0.29, 0.717) is 23.6 Å². The van der Waals surface area contributed by atoms with Crippen LogP contribution < -0.4 is 15.4 Å². The van der Waals surface area contributed by atoms with Crippen LogP contribution in [0, 0.1) is 0 Å². The number of benzene rings is 2. The topological polar surface area (TPSA) is 62.7 Å². The Bertz CT molecular complexity index is 796. The molecule has 1 aliphatic rings. The fourth-order valence-electron chi connectivity index (χ4n) is 2.89. The first-order valence-electron chi connectivity index (χ1n) is 12.3. The molecule has 1 unspecified atom stereocenters. The van der Waals surface area contributed by atoms with E-state index in [2.05, 4.69) is 52.7 Å². The van der Waals surface area contributed by atoms with Gasteiger partial charge in [-0.15, -0.1) is 0 Å². The maximum atomic E-state index is 10.4. The molecular weight excluding hydrogens is 422 g/mol. The van der Waals surface area contributed by atoms with Gasteiger partial charge in [-0.05, 0) is 56.3 Å². The van der Waals surface area contributed by atoms with Crippen LogP contribution in [-0.2, 0) is 4.79 Å². The smallest absolute Gasteiger partial charge is 0.211 e. The fourth-order valence-corrected chi connectivity index (χ4v) is 2.89. The van der Waals surface area contributed by atoms with Gasteiger partial charge >= 0.3 is 0 Å². The summed E-state index contributed by atoms with van der Waals surface area (Å²) >= 11 is 0. The highest BCUT2D eigenvalue weighted by Crippen LogP contribution is 2.25. The lowest BCUT2D eigenvalue weighted by molar-refractivity contribution is -0.105. The summed E-state index contributed by atoms with van der Waals surface area (Å²) in [6, 6.07) is 17.9. The monoisotopic (exact) mass is 467 g/mol. The van der Waals surface area contributed by atoms with E-state index >= 15 is 0 Å². The number of rotatable bonds is 7. The summed E-state index contributed by atoms with van der Waals surface area (Å²) in [4.78, 5) is 14.1. The van der Waals surface area contributed by atoms with Gasteiger partial charge in [0, 0.05) is 6.54 Å². The Morgan fingerprint density at radius 3 is 2.18 bits per heavy atom. The molecule has 5 nitrogen and oxygen atoms in total. The normalized spacial score (nSPS) is 13.9. The number of amides is 1. The lowest BCUT2D eigenvalue weighted by Crippen LogP contribution is -2.07. The largest absolute Gasteiger partial charge is 0.454 e. The molecule has 2 aromatic carbocycles. The first kappa shape index (κ1) is 33.0. The molecule has 1 saturated heterocycles. The number of carbonyl (C=O) groups excluding carboxylic acids is 1. The van der Waals surface area contributed by atoms with Crippen LogP contribution in [0.2, 0.25) is 0 Å². The summed E-state index contributed by atoms with van der Waals surface area (Å²) < 4.78 is 5.60. The lowest BCUT2D eigenvalue weighted by Gasteiger charge is -2.09. The molecule has 0 aromatic heterocycles. The van der Waals surface area contributed by atoms with Gasteiger partial charge < -0.3 is 15.4 Å². The average Bonchev–Trinajstić information content (AvgIpc) is 3.46.